The average Bonchev–Trinajstić information content (AvgIpc) is 2.56. The van der Waals surface area contributed by atoms with Gasteiger partial charge in [-0.1, -0.05) is 56.1 Å². The van der Waals surface area contributed by atoms with Crippen molar-refractivity contribution in [1.29, 1.82) is 0 Å². The van der Waals surface area contributed by atoms with Crippen LogP contribution in [0.3, 0.4) is 0 Å². The Kier molecular flexibility index (Phi) is 6.50. The Hall–Kier alpha value is -1.99. The summed E-state index contributed by atoms with van der Waals surface area (Å²) in [6, 6.07) is 11.0. The molecule has 0 aliphatic rings. The number of aliphatic carboxylic acids is 1. The minimum absolute atomic E-state index is 0.142. The van der Waals surface area contributed by atoms with Crippen molar-refractivity contribution in [1.82, 2.24) is 5.32 Å². The van der Waals surface area contributed by atoms with Gasteiger partial charge in [-0.3, -0.25) is 9.59 Å². The third kappa shape index (κ3) is 5.24. The van der Waals surface area contributed by atoms with Crippen LogP contribution in [0.2, 0.25) is 0 Å². The molecular weight excluding hydrogens is 454 g/mol. The van der Waals surface area contributed by atoms with Gasteiger partial charge in [0.05, 0.1) is 0 Å². The quantitative estimate of drug-likeness (QED) is 0.634. The van der Waals surface area contributed by atoms with Gasteiger partial charge in [-0.15, -0.1) is 0 Å². The van der Waals surface area contributed by atoms with Gasteiger partial charge in [0.1, 0.15) is 6.04 Å². The third-order valence-corrected chi connectivity index (χ3v) is 4.69. The van der Waals surface area contributed by atoms with Crippen LogP contribution in [0.4, 0.5) is 0 Å². The molecule has 0 aliphatic carbocycles. The highest BCUT2D eigenvalue weighted by molar-refractivity contribution is 9.11. The lowest BCUT2D eigenvalue weighted by Gasteiger charge is -2.13. The first-order valence-electron chi connectivity index (χ1n) is 7.36. The monoisotopic (exact) mass is 467 g/mol. The van der Waals surface area contributed by atoms with Gasteiger partial charge in [-0.25, -0.2) is 4.79 Å². The highest BCUT2D eigenvalue weighted by Crippen LogP contribution is 2.24. The van der Waals surface area contributed by atoms with Gasteiger partial charge in [-0.05, 0) is 23.8 Å². The van der Waals surface area contributed by atoms with Crippen molar-refractivity contribution in [3.05, 3.63) is 68.1 Å². The molecule has 1 amide bonds. The molecule has 7 heteroatoms. The van der Waals surface area contributed by atoms with Crippen LogP contribution >= 0.6 is 31.9 Å². The minimum atomic E-state index is -1.10. The molecule has 1 atom stereocenters. The van der Waals surface area contributed by atoms with Gasteiger partial charge >= 0.3 is 5.97 Å². The Bertz CT molecular complexity index is 818. The lowest BCUT2D eigenvalue weighted by Crippen LogP contribution is -2.41. The third-order valence-electron chi connectivity index (χ3n) is 3.50. The van der Waals surface area contributed by atoms with Gasteiger partial charge in [0.2, 0.25) is 5.91 Å². The minimum Gasteiger partial charge on any atom is -0.480 e. The Morgan fingerprint density at radius 2 is 1.72 bits per heavy atom. The molecular formula is C18H15Br2NO4. The lowest BCUT2D eigenvalue weighted by atomic mass is 9.99. The number of benzene rings is 2. The fourth-order valence-electron chi connectivity index (χ4n) is 2.30. The Balaban J connectivity index is 2.19. The van der Waals surface area contributed by atoms with Gasteiger partial charge in [0.15, 0.2) is 5.78 Å². The molecule has 2 N–H and O–H groups in total. The molecule has 130 valence electrons. The number of carboxylic acid groups (broad SMARTS) is 1. The number of ketones is 1. The molecule has 25 heavy (non-hydrogen) atoms. The van der Waals surface area contributed by atoms with Gasteiger partial charge < -0.3 is 10.4 Å². The van der Waals surface area contributed by atoms with Crippen LogP contribution in [0.1, 0.15) is 28.4 Å². The van der Waals surface area contributed by atoms with E-state index in [0.717, 1.165) is 4.47 Å². The molecule has 0 bridgehead atoms. The first-order chi connectivity index (χ1) is 11.8. The zero-order valence-electron chi connectivity index (χ0n) is 13.3. The average molecular weight is 469 g/mol. The van der Waals surface area contributed by atoms with Crippen LogP contribution in [-0.4, -0.2) is 28.8 Å². The summed E-state index contributed by atoms with van der Waals surface area (Å²) in [5, 5.41) is 11.5. The molecule has 0 saturated carbocycles. The van der Waals surface area contributed by atoms with E-state index in [-0.39, 0.29) is 12.2 Å². The summed E-state index contributed by atoms with van der Waals surface area (Å²) in [6.45, 7) is 1.27. The number of rotatable bonds is 6. The first kappa shape index (κ1) is 19.3. The van der Waals surface area contributed by atoms with Crippen molar-refractivity contribution in [2.45, 2.75) is 19.4 Å². The van der Waals surface area contributed by atoms with E-state index in [4.69, 9.17) is 5.11 Å². The van der Waals surface area contributed by atoms with E-state index in [1.807, 2.05) is 6.07 Å². The topological polar surface area (TPSA) is 83.5 Å². The predicted octanol–water partition coefficient (Wildman–Crippen LogP) is 3.57. The Labute approximate surface area is 161 Å². The summed E-state index contributed by atoms with van der Waals surface area (Å²) >= 11 is 6.71. The molecule has 0 radical (unpaired) electrons. The number of carbonyl (C=O) groups is 3. The smallest absolute Gasteiger partial charge is 0.326 e. The van der Waals surface area contributed by atoms with Gasteiger partial charge in [0.25, 0.3) is 0 Å². The maximum absolute atomic E-state index is 12.6. The zero-order valence-corrected chi connectivity index (χ0v) is 16.4. The summed E-state index contributed by atoms with van der Waals surface area (Å²) < 4.78 is 1.50. The van der Waals surface area contributed by atoms with E-state index in [0.29, 0.717) is 21.2 Å². The SMILES string of the molecule is CC(=O)NC(Cc1ccc(C(=O)c2cc(Br)ccc2Br)cc1)C(=O)O. The second-order valence-corrected chi connectivity index (χ2v) is 7.22. The van der Waals surface area contributed by atoms with E-state index < -0.39 is 17.9 Å². The lowest BCUT2D eigenvalue weighted by molar-refractivity contribution is -0.141. The van der Waals surface area contributed by atoms with Crippen LogP contribution in [0.5, 0.6) is 0 Å². The van der Waals surface area contributed by atoms with Crippen LogP contribution in [-0.2, 0) is 16.0 Å². The van der Waals surface area contributed by atoms with Crippen molar-refractivity contribution >= 4 is 49.5 Å². The van der Waals surface area contributed by atoms with Crippen molar-refractivity contribution < 1.29 is 19.5 Å². The van der Waals surface area contributed by atoms with Gasteiger partial charge in [-0.2, -0.15) is 0 Å². The van der Waals surface area contributed by atoms with E-state index >= 15 is 0 Å². The number of hydrogen-bond acceptors (Lipinski definition) is 3. The molecule has 5 nitrogen and oxygen atoms in total. The molecule has 0 spiro atoms. The molecule has 2 aromatic carbocycles. The Morgan fingerprint density at radius 1 is 1.08 bits per heavy atom. The van der Waals surface area contributed by atoms with Crippen LogP contribution in [0.15, 0.2) is 51.4 Å². The van der Waals surface area contributed by atoms with Crippen molar-refractivity contribution in [3.8, 4) is 0 Å². The summed E-state index contributed by atoms with van der Waals surface area (Å²) in [5.41, 5.74) is 1.74. The van der Waals surface area contributed by atoms with Crippen molar-refractivity contribution in [2.75, 3.05) is 0 Å². The van der Waals surface area contributed by atoms with Crippen molar-refractivity contribution in [3.63, 3.8) is 0 Å². The number of amides is 1. The standard InChI is InChI=1S/C18H15Br2NO4/c1-10(22)21-16(18(24)25)8-11-2-4-12(5-3-11)17(23)14-9-13(19)6-7-15(14)20/h2-7,9,16H,8H2,1H3,(H,21,22)(H,24,25). The molecule has 0 heterocycles. The number of nitrogens with one attached hydrogen (secondary N) is 1. The number of halogens is 2. The zero-order chi connectivity index (χ0) is 18.6. The normalized spacial score (nSPS) is 11.6. The molecule has 2 rings (SSSR count). The summed E-state index contributed by atoms with van der Waals surface area (Å²) in [5.74, 6) is -1.65. The molecule has 2 aromatic rings. The second kappa shape index (κ2) is 8.40. The fourth-order valence-corrected chi connectivity index (χ4v) is 3.09. The number of carboxylic acids is 1. The van der Waals surface area contributed by atoms with E-state index in [9.17, 15) is 14.4 Å². The predicted molar refractivity (Wildman–Crippen MR) is 101 cm³/mol. The summed E-state index contributed by atoms with van der Waals surface area (Å²) in [4.78, 5) is 34.9. The summed E-state index contributed by atoms with van der Waals surface area (Å²) in [6.07, 6.45) is 0.143. The molecule has 0 fully saturated rings. The number of carbonyl (C=O) groups excluding carboxylic acids is 2. The van der Waals surface area contributed by atoms with Crippen LogP contribution in [0.25, 0.3) is 0 Å². The van der Waals surface area contributed by atoms with Crippen LogP contribution < -0.4 is 5.32 Å². The van der Waals surface area contributed by atoms with E-state index in [2.05, 4.69) is 37.2 Å². The van der Waals surface area contributed by atoms with Gasteiger partial charge in [0, 0.05) is 33.4 Å². The highest BCUT2D eigenvalue weighted by atomic mass is 79.9. The molecule has 1 unspecified atom stereocenters. The maximum Gasteiger partial charge on any atom is 0.326 e. The maximum atomic E-state index is 12.6. The fraction of sp³-hybridized carbons (Fsp3) is 0.167. The highest BCUT2D eigenvalue weighted by Gasteiger charge is 2.19. The largest absolute Gasteiger partial charge is 0.480 e. The summed E-state index contributed by atoms with van der Waals surface area (Å²) in [7, 11) is 0. The molecule has 0 aromatic heterocycles. The van der Waals surface area contributed by atoms with Crippen LogP contribution in [0, 0.1) is 0 Å². The Morgan fingerprint density at radius 3 is 2.28 bits per heavy atom. The van der Waals surface area contributed by atoms with E-state index in [1.165, 1.54) is 6.92 Å². The number of hydrogen-bond donors (Lipinski definition) is 2. The van der Waals surface area contributed by atoms with E-state index in [1.54, 1.807) is 36.4 Å². The van der Waals surface area contributed by atoms with Crippen molar-refractivity contribution in [2.24, 2.45) is 0 Å². The second-order valence-electron chi connectivity index (χ2n) is 5.45. The molecule has 0 saturated heterocycles. The first-order valence-corrected chi connectivity index (χ1v) is 8.95. The molecule has 0 aliphatic heterocycles.